The molecule has 0 aliphatic carbocycles. The molecular weight excluding hydrogens is 251 g/mol. The van der Waals surface area contributed by atoms with Crippen molar-refractivity contribution in [3.8, 4) is 0 Å². The average molecular weight is 270 g/mol. The molecule has 0 aliphatic rings. The zero-order valence-corrected chi connectivity index (χ0v) is 11.0. The monoisotopic (exact) mass is 270 g/mol. The van der Waals surface area contributed by atoms with Crippen LogP contribution in [0.2, 0.25) is 0 Å². The molecule has 0 bridgehead atoms. The second-order valence-electron chi connectivity index (χ2n) is 4.32. The van der Waals surface area contributed by atoms with Gasteiger partial charge in [0.05, 0.1) is 5.54 Å². The summed E-state index contributed by atoms with van der Waals surface area (Å²) in [5, 5.41) is 23.8. The number of rotatable bonds is 5. The Labute approximate surface area is 111 Å². The lowest BCUT2D eigenvalue weighted by Crippen LogP contribution is -2.57. The number of benzene rings is 1. The molecule has 1 aromatic rings. The van der Waals surface area contributed by atoms with Crippen LogP contribution in [0.4, 0.5) is 14.9 Å². The van der Waals surface area contributed by atoms with Crippen LogP contribution in [0.1, 0.15) is 26.7 Å². The molecule has 0 fully saturated rings. The van der Waals surface area contributed by atoms with Crippen LogP contribution in [0.3, 0.4) is 0 Å². The van der Waals surface area contributed by atoms with Gasteiger partial charge in [0, 0.05) is 5.69 Å². The molecule has 0 saturated carbocycles. The molecule has 0 saturated heterocycles. The third kappa shape index (κ3) is 3.90. The van der Waals surface area contributed by atoms with Gasteiger partial charge in [0.1, 0.15) is 5.82 Å². The third-order valence-electron chi connectivity index (χ3n) is 3.22. The number of urea groups is 1. The van der Waals surface area contributed by atoms with Crippen LogP contribution in [-0.2, 0) is 0 Å². The van der Waals surface area contributed by atoms with Crippen molar-refractivity contribution in [2.75, 3.05) is 5.32 Å². The van der Waals surface area contributed by atoms with Crippen molar-refractivity contribution in [3.63, 3.8) is 0 Å². The largest absolute Gasteiger partial charge is 0.366 e. The Morgan fingerprint density at radius 2 is 1.79 bits per heavy atom. The maximum absolute atomic E-state index is 12.7. The first-order valence-corrected chi connectivity index (χ1v) is 6.14. The van der Waals surface area contributed by atoms with E-state index in [0.29, 0.717) is 18.5 Å². The third-order valence-corrected chi connectivity index (χ3v) is 3.22. The quantitative estimate of drug-likeness (QED) is 0.616. The maximum atomic E-state index is 12.7. The molecule has 19 heavy (non-hydrogen) atoms. The molecule has 0 aromatic heterocycles. The van der Waals surface area contributed by atoms with Gasteiger partial charge in [0.25, 0.3) is 0 Å². The number of aliphatic hydroxyl groups is 2. The van der Waals surface area contributed by atoms with Crippen molar-refractivity contribution in [3.05, 3.63) is 30.1 Å². The predicted octanol–water partition coefficient (Wildman–Crippen LogP) is 1.82. The Balaban J connectivity index is 2.70. The standard InChI is InChI=1S/C13H19FN2O3/c1-3-13(4-2,11(17)18)16-12(19)15-10-7-5-9(14)6-8-10/h5-8,11,17-18H,3-4H2,1-2H3,(H2,15,16,19). The number of halogens is 1. The van der Waals surface area contributed by atoms with E-state index in [4.69, 9.17) is 0 Å². The van der Waals surface area contributed by atoms with Gasteiger partial charge in [0.15, 0.2) is 6.29 Å². The highest BCUT2D eigenvalue weighted by molar-refractivity contribution is 5.89. The fourth-order valence-electron chi connectivity index (χ4n) is 1.78. The maximum Gasteiger partial charge on any atom is 0.319 e. The first kappa shape index (κ1) is 15.4. The summed E-state index contributed by atoms with van der Waals surface area (Å²) >= 11 is 0. The minimum atomic E-state index is -1.65. The summed E-state index contributed by atoms with van der Waals surface area (Å²) in [6.07, 6.45) is -0.905. The molecule has 1 rings (SSSR count). The first-order chi connectivity index (χ1) is 8.93. The van der Waals surface area contributed by atoms with E-state index in [1.807, 2.05) is 0 Å². The first-order valence-electron chi connectivity index (χ1n) is 6.14. The molecule has 1 aromatic carbocycles. The van der Waals surface area contributed by atoms with Crippen LogP contribution in [0.5, 0.6) is 0 Å². The van der Waals surface area contributed by atoms with Gasteiger partial charge in [0.2, 0.25) is 0 Å². The van der Waals surface area contributed by atoms with Crippen molar-refractivity contribution in [2.24, 2.45) is 0 Å². The van der Waals surface area contributed by atoms with Gasteiger partial charge in [-0.25, -0.2) is 9.18 Å². The molecule has 5 nitrogen and oxygen atoms in total. The molecule has 4 N–H and O–H groups in total. The lowest BCUT2D eigenvalue weighted by molar-refractivity contribution is -0.107. The Kier molecular flexibility index (Phi) is 5.26. The highest BCUT2D eigenvalue weighted by atomic mass is 19.1. The zero-order valence-electron chi connectivity index (χ0n) is 11.0. The fourth-order valence-corrected chi connectivity index (χ4v) is 1.78. The van der Waals surface area contributed by atoms with Crippen molar-refractivity contribution in [1.82, 2.24) is 5.32 Å². The number of hydrogen-bond donors (Lipinski definition) is 4. The molecule has 6 heteroatoms. The number of hydrogen-bond acceptors (Lipinski definition) is 3. The summed E-state index contributed by atoms with van der Waals surface area (Å²) in [6.45, 7) is 3.50. The van der Waals surface area contributed by atoms with Crippen molar-refractivity contribution in [2.45, 2.75) is 38.5 Å². The van der Waals surface area contributed by atoms with Crippen LogP contribution in [-0.4, -0.2) is 28.1 Å². The number of carbonyl (C=O) groups excluding carboxylic acids is 1. The average Bonchev–Trinajstić information content (AvgIpc) is 2.38. The Morgan fingerprint density at radius 1 is 1.26 bits per heavy atom. The highest BCUT2D eigenvalue weighted by Gasteiger charge is 2.35. The minimum Gasteiger partial charge on any atom is -0.366 e. The van der Waals surface area contributed by atoms with Crippen LogP contribution >= 0.6 is 0 Å². The minimum absolute atomic E-state index is 0.373. The van der Waals surface area contributed by atoms with Gasteiger partial charge >= 0.3 is 6.03 Å². The van der Waals surface area contributed by atoms with Gasteiger partial charge in [-0.15, -0.1) is 0 Å². The molecule has 0 spiro atoms. The number of nitrogens with one attached hydrogen (secondary N) is 2. The van der Waals surface area contributed by atoms with E-state index in [1.165, 1.54) is 24.3 Å². The van der Waals surface area contributed by atoms with E-state index < -0.39 is 23.7 Å². The summed E-state index contributed by atoms with van der Waals surface area (Å²) in [6, 6.07) is 4.73. The zero-order chi connectivity index (χ0) is 14.5. The smallest absolute Gasteiger partial charge is 0.319 e. The van der Waals surface area contributed by atoms with E-state index in [1.54, 1.807) is 13.8 Å². The van der Waals surface area contributed by atoms with Crippen LogP contribution in [0.25, 0.3) is 0 Å². The second kappa shape index (κ2) is 6.49. The number of anilines is 1. The SMILES string of the molecule is CCC(CC)(NC(=O)Nc1ccc(F)cc1)C(O)O. The molecule has 0 aliphatic heterocycles. The van der Waals surface area contributed by atoms with Crippen LogP contribution in [0, 0.1) is 5.82 Å². The summed E-state index contributed by atoms with van der Waals surface area (Å²) in [5.74, 6) is -0.395. The van der Waals surface area contributed by atoms with Crippen molar-refractivity contribution >= 4 is 11.7 Å². The number of aliphatic hydroxyl groups excluding tert-OH is 1. The molecule has 0 radical (unpaired) electrons. The van der Waals surface area contributed by atoms with Gasteiger partial charge in [-0.05, 0) is 37.1 Å². The molecule has 2 amide bonds. The normalized spacial score (nSPS) is 11.5. The summed E-state index contributed by atoms with van der Waals surface area (Å²) < 4.78 is 12.7. The molecule has 0 heterocycles. The summed E-state index contributed by atoms with van der Waals surface area (Å²) in [4.78, 5) is 11.8. The Bertz CT molecular complexity index is 416. The van der Waals surface area contributed by atoms with Gasteiger partial charge in [-0.2, -0.15) is 0 Å². The van der Waals surface area contributed by atoms with Crippen LogP contribution in [0.15, 0.2) is 24.3 Å². The topological polar surface area (TPSA) is 81.6 Å². The van der Waals surface area contributed by atoms with E-state index in [9.17, 15) is 19.4 Å². The second-order valence-corrected chi connectivity index (χ2v) is 4.32. The molecule has 0 unspecified atom stereocenters. The Morgan fingerprint density at radius 3 is 2.21 bits per heavy atom. The molecule has 106 valence electrons. The number of carbonyl (C=O) groups is 1. The van der Waals surface area contributed by atoms with E-state index >= 15 is 0 Å². The van der Waals surface area contributed by atoms with E-state index in [0.717, 1.165) is 0 Å². The lowest BCUT2D eigenvalue weighted by Gasteiger charge is -2.34. The van der Waals surface area contributed by atoms with Crippen molar-refractivity contribution in [1.29, 1.82) is 0 Å². The summed E-state index contributed by atoms with van der Waals surface area (Å²) in [5.41, 5.74) is -0.670. The molecule has 0 atom stereocenters. The fraction of sp³-hybridized carbons (Fsp3) is 0.462. The molecular formula is C13H19FN2O3. The predicted molar refractivity (Wildman–Crippen MR) is 70.1 cm³/mol. The van der Waals surface area contributed by atoms with E-state index in [2.05, 4.69) is 10.6 Å². The van der Waals surface area contributed by atoms with Gasteiger partial charge in [-0.1, -0.05) is 13.8 Å². The highest BCUT2D eigenvalue weighted by Crippen LogP contribution is 2.19. The number of amides is 2. The van der Waals surface area contributed by atoms with Gasteiger partial charge < -0.3 is 20.8 Å². The lowest BCUT2D eigenvalue weighted by atomic mass is 9.92. The van der Waals surface area contributed by atoms with Gasteiger partial charge in [-0.3, -0.25) is 0 Å². The van der Waals surface area contributed by atoms with Crippen LogP contribution < -0.4 is 10.6 Å². The van der Waals surface area contributed by atoms with Crippen molar-refractivity contribution < 1.29 is 19.4 Å². The Hall–Kier alpha value is -1.66. The summed E-state index contributed by atoms with van der Waals surface area (Å²) in [7, 11) is 0. The van der Waals surface area contributed by atoms with E-state index in [-0.39, 0.29) is 0 Å².